The second-order valence-corrected chi connectivity index (χ2v) is 6.83. The minimum absolute atomic E-state index is 0.0231. The minimum atomic E-state index is -0.132. The highest BCUT2D eigenvalue weighted by Gasteiger charge is 2.31. The minimum Gasteiger partial charge on any atom is -0.359 e. The molecular formula is C16H17N5O2S. The van der Waals surface area contributed by atoms with Crippen LogP contribution in [0.25, 0.3) is 0 Å². The first kappa shape index (κ1) is 15.1. The summed E-state index contributed by atoms with van der Waals surface area (Å²) in [7, 11) is 0. The van der Waals surface area contributed by atoms with Crippen molar-refractivity contribution in [2.45, 2.75) is 25.3 Å². The van der Waals surface area contributed by atoms with Gasteiger partial charge in [0.2, 0.25) is 5.91 Å². The van der Waals surface area contributed by atoms with Crippen LogP contribution in [0.1, 0.15) is 40.7 Å². The number of amides is 2. The smallest absolute Gasteiger partial charge is 0.256 e. The Morgan fingerprint density at radius 3 is 3.08 bits per heavy atom. The molecule has 0 aromatic carbocycles. The van der Waals surface area contributed by atoms with Crippen molar-refractivity contribution in [2.24, 2.45) is 0 Å². The number of carbonyl (C=O) groups excluding carboxylic acids is 2. The molecule has 2 amide bonds. The number of aromatic nitrogens is 2. The Labute approximate surface area is 143 Å². The van der Waals surface area contributed by atoms with Crippen molar-refractivity contribution >= 4 is 34.7 Å². The van der Waals surface area contributed by atoms with E-state index in [4.69, 9.17) is 0 Å². The molecule has 8 heteroatoms. The van der Waals surface area contributed by atoms with E-state index in [9.17, 15) is 9.59 Å². The topological polar surface area (TPSA) is 87.2 Å². The van der Waals surface area contributed by atoms with Crippen LogP contribution < -0.4 is 10.6 Å². The van der Waals surface area contributed by atoms with Gasteiger partial charge in [-0.05, 0) is 25.3 Å². The fourth-order valence-corrected chi connectivity index (χ4v) is 3.96. The molecule has 124 valence electrons. The van der Waals surface area contributed by atoms with Crippen molar-refractivity contribution in [1.29, 1.82) is 0 Å². The summed E-state index contributed by atoms with van der Waals surface area (Å²) in [4.78, 5) is 35.1. The molecule has 1 unspecified atom stereocenters. The Bertz CT molecular complexity index is 777. The highest BCUT2D eigenvalue weighted by Crippen LogP contribution is 2.33. The van der Waals surface area contributed by atoms with E-state index in [2.05, 4.69) is 20.6 Å². The van der Waals surface area contributed by atoms with Gasteiger partial charge in [-0.2, -0.15) is 0 Å². The predicted octanol–water partition coefficient (Wildman–Crippen LogP) is 2.27. The van der Waals surface area contributed by atoms with Gasteiger partial charge in [-0.1, -0.05) is 0 Å². The van der Waals surface area contributed by atoms with E-state index < -0.39 is 0 Å². The lowest BCUT2D eigenvalue weighted by molar-refractivity contribution is -0.114. The second-order valence-electron chi connectivity index (χ2n) is 5.90. The maximum Gasteiger partial charge on any atom is 0.256 e. The van der Waals surface area contributed by atoms with Gasteiger partial charge in [0, 0.05) is 24.3 Å². The highest BCUT2D eigenvalue weighted by atomic mass is 32.1. The summed E-state index contributed by atoms with van der Waals surface area (Å²) in [5.74, 6) is 0.402. The molecule has 2 aliphatic heterocycles. The first-order valence-electron chi connectivity index (χ1n) is 7.96. The van der Waals surface area contributed by atoms with Gasteiger partial charge in [-0.15, -0.1) is 11.3 Å². The van der Waals surface area contributed by atoms with Gasteiger partial charge in [0.05, 0.1) is 23.8 Å². The second kappa shape index (κ2) is 6.20. The quantitative estimate of drug-likeness (QED) is 0.873. The van der Waals surface area contributed by atoms with Gasteiger partial charge in [0.15, 0.2) is 0 Å². The third-order valence-corrected chi connectivity index (χ3v) is 5.20. The number of carbonyl (C=O) groups is 2. The van der Waals surface area contributed by atoms with Crippen molar-refractivity contribution < 1.29 is 9.59 Å². The van der Waals surface area contributed by atoms with Crippen LogP contribution in [0.2, 0.25) is 0 Å². The van der Waals surface area contributed by atoms with Crippen molar-refractivity contribution in [3.05, 3.63) is 34.4 Å². The molecule has 2 aromatic heterocycles. The molecule has 4 rings (SSSR count). The average molecular weight is 343 g/mol. The summed E-state index contributed by atoms with van der Waals surface area (Å²) in [5, 5.41) is 8.60. The Morgan fingerprint density at radius 2 is 2.25 bits per heavy atom. The summed E-state index contributed by atoms with van der Waals surface area (Å²) in [6.07, 6.45) is 6.36. The zero-order chi connectivity index (χ0) is 16.5. The number of nitrogens with zero attached hydrogens (tertiary/aromatic N) is 3. The van der Waals surface area contributed by atoms with Crippen molar-refractivity contribution in [3.8, 4) is 0 Å². The maximum absolute atomic E-state index is 13.0. The summed E-state index contributed by atoms with van der Waals surface area (Å²) < 4.78 is 0. The predicted molar refractivity (Wildman–Crippen MR) is 91.1 cm³/mol. The van der Waals surface area contributed by atoms with Gasteiger partial charge < -0.3 is 15.5 Å². The van der Waals surface area contributed by atoms with E-state index in [-0.39, 0.29) is 24.4 Å². The monoisotopic (exact) mass is 343 g/mol. The van der Waals surface area contributed by atoms with Gasteiger partial charge in [0.25, 0.3) is 5.91 Å². The number of fused-ring (bicyclic) bond motifs is 1. The van der Waals surface area contributed by atoms with Crippen LogP contribution >= 0.6 is 11.3 Å². The number of piperidine rings is 1. The molecule has 0 aliphatic carbocycles. The van der Waals surface area contributed by atoms with Gasteiger partial charge in [-0.25, -0.2) is 9.97 Å². The first-order valence-corrected chi connectivity index (χ1v) is 8.84. The summed E-state index contributed by atoms with van der Waals surface area (Å²) in [6.45, 7) is 0.913. The lowest BCUT2D eigenvalue weighted by atomic mass is 10.0. The number of hydrogen-bond acceptors (Lipinski definition) is 6. The number of nitrogens with one attached hydrogen (secondary N) is 2. The van der Waals surface area contributed by atoms with E-state index in [1.807, 2.05) is 10.3 Å². The fraction of sp³-hybridized carbons (Fsp3) is 0.375. The number of anilines is 2. The molecule has 4 heterocycles. The van der Waals surface area contributed by atoms with Crippen LogP contribution in [0, 0.1) is 0 Å². The normalized spacial score (nSPS) is 20.1. The molecule has 0 spiro atoms. The molecule has 1 saturated heterocycles. The lowest BCUT2D eigenvalue weighted by Gasteiger charge is -2.34. The van der Waals surface area contributed by atoms with Gasteiger partial charge in [-0.3, -0.25) is 9.59 Å². The van der Waals surface area contributed by atoms with Crippen LogP contribution in [0.3, 0.4) is 0 Å². The molecule has 0 radical (unpaired) electrons. The molecule has 2 aromatic rings. The van der Waals surface area contributed by atoms with Gasteiger partial charge >= 0.3 is 0 Å². The fourth-order valence-electron chi connectivity index (χ4n) is 3.17. The van der Waals surface area contributed by atoms with Crippen molar-refractivity contribution in [1.82, 2.24) is 14.9 Å². The third kappa shape index (κ3) is 2.73. The van der Waals surface area contributed by atoms with E-state index in [1.165, 1.54) is 0 Å². The van der Waals surface area contributed by atoms with Crippen molar-refractivity contribution in [2.75, 3.05) is 23.7 Å². The highest BCUT2D eigenvalue weighted by molar-refractivity contribution is 7.09. The van der Waals surface area contributed by atoms with Crippen LogP contribution in [-0.2, 0) is 4.79 Å². The van der Waals surface area contributed by atoms with Crippen LogP contribution in [0.15, 0.2) is 23.8 Å². The molecule has 24 heavy (non-hydrogen) atoms. The van der Waals surface area contributed by atoms with E-state index >= 15 is 0 Å². The van der Waals surface area contributed by atoms with Crippen LogP contribution in [0.5, 0.6) is 0 Å². The van der Waals surface area contributed by atoms with E-state index in [1.54, 1.807) is 29.8 Å². The van der Waals surface area contributed by atoms with E-state index in [0.717, 1.165) is 24.3 Å². The number of hydrogen-bond donors (Lipinski definition) is 2. The molecule has 2 aliphatic rings. The average Bonchev–Trinajstić information content (AvgIpc) is 3.15. The molecule has 0 bridgehead atoms. The summed E-state index contributed by atoms with van der Waals surface area (Å²) >= 11 is 1.58. The lowest BCUT2D eigenvalue weighted by Crippen LogP contribution is -2.38. The third-order valence-electron chi connectivity index (χ3n) is 4.33. The number of pyridine rings is 1. The van der Waals surface area contributed by atoms with Gasteiger partial charge in [0.1, 0.15) is 10.8 Å². The van der Waals surface area contributed by atoms with Crippen molar-refractivity contribution in [3.63, 3.8) is 0 Å². The largest absolute Gasteiger partial charge is 0.359 e. The number of thiazole rings is 1. The summed E-state index contributed by atoms with van der Waals surface area (Å²) in [5.41, 5.74) is 1.04. The Hall–Kier alpha value is -2.48. The first-order chi connectivity index (χ1) is 11.7. The number of likely N-dealkylation sites (tertiary alicyclic amines) is 1. The molecule has 7 nitrogen and oxygen atoms in total. The number of rotatable bonds is 2. The zero-order valence-corrected chi connectivity index (χ0v) is 13.8. The molecule has 2 N–H and O–H groups in total. The van der Waals surface area contributed by atoms with Crippen LogP contribution in [0.4, 0.5) is 11.5 Å². The zero-order valence-electron chi connectivity index (χ0n) is 13.0. The van der Waals surface area contributed by atoms with Crippen LogP contribution in [-0.4, -0.2) is 39.8 Å². The summed E-state index contributed by atoms with van der Waals surface area (Å²) in [6, 6.07) is 1.72. The SMILES string of the molecule is O=C1CNc2ncc(C(=O)N3CCCCC3c3nccs3)cc2N1. The maximum atomic E-state index is 13.0. The molecule has 1 atom stereocenters. The molecular weight excluding hydrogens is 326 g/mol. The van der Waals surface area contributed by atoms with E-state index in [0.29, 0.717) is 23.6 Å². The Morgan fingerprint density at radius 1 is 1.33 bits per heavy atom. The molecule has 0 saturated carbocycles. The Balaban J connectivity index is 1.62. The molecule has 1 fully saturated rings. The Kier molecular flexibility index (Phi) is 3.89. The standard InChI is InChI=1S/C16H17N5O2S/c22-13-9-19-14-11(20-13)7-10(8-18-14)16(23)21-5-2-1-3-12(21)15-17-4-6-24-15/h4,6-8,12H,1-3,5,9H2,(H,18,19)(H,20,22).